The number of anilines is 1. The fraction of sp³-hybridized carbons (Fsp3) is 0.190. The Hall–Kier alpha value is -3.26. The highest BCUT2D eigenvalue weighted by molar-refractivity contribution is 7.90. The van der Waals surface area contributed by atoms with Gasteiger partial charge in [-0.3, -0.25) is 0 Å². The van der Waals surface area contributed by atoms with Crippen LogP contribution in [0.25, 0.3) is 16.9 Å². The highest BCUT2D eigenvalue weighted by Gasteiger charge is 2.16. The maximum atomic E-state index is 11.7. The van der Waals surface area contributed by atoms with Crippen molar-refractivity contribution in [2.75, 3.05) is 11.6 Å². The fourth-order valence-corrected chi connectivity index (χ4v) is 3.87. The largest absolute Gasteiger partial charge is 0.375 e. The first-order chi connectivity index (χ1) is 14.0. The predicted molar refractivity (Wildman–Crippen MR) is 112 cm³/mol. The number of sulfone groups is 1. The van der Waals surface area contributed by atoms with Crippen molar-refractivity contribution in [3.63, 3.8) is 0 Å². The number of hydrogen-bond donors (Lipinski definition) is 1. The quantitative estimate of drug-likeness (QED) is 0.523. The van der Waals surface area contributed by atoms with Crippen molar-refractivity contribution < 1.29 is 8.42 Å². The molecule has 0 saturated carbocycles. The van der Waals surface area contributed by atoms with Gasteiger partial charge in [-0.25, -0.2) is 8.42 Å². The molecule has 2 aromatic heterocycles. The van der Waals surface area contributed by atoms with E-state index in [-0.39, 0.29) is 6.04 Å². The zero-order valence-electron chi connectivity index (χ0n) is 16.1. The van der Waals surface area contributed by atoms with Gasteiger partial charge in [-0.1, -0.05) is 49.4 Å². The van der Waals surface area contributed by atoms with Crippen molar-refractivity contribution in [1.29, 1.82) is 0 Å². The molecule has 0 amide bonds. The Bertz CT molecular complexity index is 1240. The number of rotatable bonds is 6. The van der Waals surface area contributed by atoms with Gasteiger partial charge in [0, 0.05) is 11.8 Å². The molecule has 1 atom stereocenters. The van der Waals surface area contributed by atoms with Crippen molar-refractivity contribution in [3.8, 4) is 11.3 Å². The maximum Gasteiger partial charge on any atom is 0.200 e. The molecule has 0 aliphatic carbocycles. The minimum Gasteiger partial charge on any atom is -0.375 e. The summed E-state index contributed by atoms with van der Waals surface area (Å²) in [5.74, 6) is 0. The summed E-state index contributed by atoms with van der Waals surface area (Å²) in [5, 5.41) is 16.3. The zero-order valence-corrected chi connectivity index (χ0v) is 17.0. The van der Waals surface area contributed by atoms with E-state index >= 15 is 0 Å². The maximum absolute atomic E-state index is 11.7. The molecule has 7 nitrogen and oxygen atoms in total. The third kappa shape index (κ3) is 3.97. The van der Waals surface area contributed by atoms with Crippen LogP contribution >= 0.6 is 0 Å². The van der Waals surface area contributed by atoms with Gasteiger partial charge in [0.25, 0.3) is 0 Å². The van der Waals surface area contributed by atoms with E-state index < -0.39 is 9.84 Å². The van der Waals surface area contributed by atoms with E-state index in [0.717, 1.165) is 28.9 Å². The van der Waals surface area contributed by atoms with Crippen molar-refractivity contribution in [2.45, 2.75) is 24.3 Å². The molecule has 8 heteroatoms. The Morgan fingerprint density at radius 1 is 1.07 bits per heavy atom. The number of hydrogen-bond acceptors (Lipinski definition) is 6. The minimum absolute atomic E-state index is 0.0184. The fourth-order valence-electron chi connectivity index (χ4n) is 3.24. The predicted octanol–water partition coefficient (Wildman–Crippen LogP) is 3.76. The first-order valence-electron chi connectivity index (χ1n) is 9.29. The molecular formula is C21H21N5O2S. The standard InChI is InChI=1S/C21H21N5O2S/c1-3-18(16-9-11-17(12-10-16)29(2,27)28)23-20-13-19(15-7-5-4-6-8-15)25-26-14-22-24-21(20)26/h4-14,18,23H,3H2,1-2H3. The van der Waals surface area contributed by atoms with Crippen LogP contribution in [0.3, 0.4) is 0 Å². The van der Waals surface area contributed by atoms with E-state index in [1.54, 1.807) is 23.0 Å². The summed E-state index contributed by atoms with van der Waals surface area (Å²) in [4.78, 5) is 0.311. The summed E-state index contributed by atoms with van der Waals surface area (Å²) < 4.78 is 25.1. The van der Waals surface area contributed by atoms with E-state index in [1.807, 2.05) is 48.5 Å². The first kappa shape index (κ1) is 19.1. The molecule has 2 heterocycles. The van der Waals surface area contributed by atoms with Crippen LogP contribution in [0.5, 0.6) is 0 Å². The van der Waals surface area contributed by atoms with Gasteiger partial charge in [-0.2, -0.15) is 9.61 Å². The molecule has 1 unspecified atom stereocenters. The van der Waals surface area contributed by atoms with Crippen molar-refractivity contribution in [1.82, 2.24) is 19.8 Å². The van der Waals surface area contributed by atoms with Crippen LogP contribution in [-0.2, 0) is 9.84 Å². The second kappa shape index (κ2) is 7.63. The van der Waals surface area contributed by atoms with Gasteiger partial charge < -0.3 is 5.32 Å². The average Bonchev–Trinajstić information content (AvgIpc) is 3.21. The van der Waals surface area contributed by atoms with Crippen LogP contribution in [0.15, 0.2) is 71.9 Å². The van der Waals surface area contributed by atoms with Gasteiger partial charge in [-0.15, -0.1) is 10.2 Å². The van der Waals surface area contributed by atoms with Crippen LogP contribution in [0.2, 0.25) is 0 Å². The van der Waals surface area contributed by atoms with E-state index in [9.17, 15) is 8.42 Å². The first-order valence-corrected chi connectivity index (χ1v) is 11.2. The molecular weight excluding hydrogens is 386 g/mol. The second-order valence-electron chi connectivity index (χ2n) is 6.85. The van der Waals surface area contributed by atoms with Gasteiger partial charge in [0.1, 0.15) is 6.33 Å². The van der Waals surface area contributed by atoms with E-state index in [1.165, 1.54) is 6.26 Å². The zero-order chi connectivity index (χ0) is 20.4. The van der Waals surface area contributed by atoms with Gasteiger partial charge in [0.15, 0.2) is 9.84 Å². The summed E-state index contributed by atoms with van der Waals surface area (Å²) in [6.45, 7) is 2.07. The van der Waals surface area contributed by atoms with Crippen LogP contribution in [0, 0.1) is 0 Å². The summed E-state index contributed by atoms with van der Waals surface area (Å²) in [6.07, 6.45) is 3.60. The lowest BCUT2D eigenvalue weighted by molar-refractivity contribution is 0.601. The van der Waals surface area contributed by atoms with E-state index in [4.69, 9.17) is 0 Å². The Morgan fingerprint density at radius 2 is 1.79 bits per heavy atom. The smallest absolute Gasteiger partial charge is 0.200 e. The summed E-state index contributed by atoms with van der Waals surface area (Å²) in [7, 11) is -3.22. The molecule has 29 heavy (non-hydrogen) atoms. The van der Waals surface area contributed by atoms with Gasteiger partial charge in [0.2, 0.25) is 5.65 Å². The van der Waals surface area contributed by atoms with Gasteiger partial charge in [0.05, 0.1) is 22.3 Å². The van der Waals surface area contributed by atoms with E-state index in [0.29, 0.717) is 10.5 Å². The molecule has 0 radical (unpaired) electrons. The number of aromatic nitrogens is 4. The van der Waals surface area contributed by atoms with Crippen molar-refractivity contribution in [3.05, 3.63) is 72.6 Å². The van der Waals surface area contributed by atoms with Gasteiger partial charge >= 0.3 is 0 Å². The molecule has 2 aromatic carbocycles. The monoisotopic (exact) mass is 407 g/mol. The topological polar surface area (TPSA) is 89.2 Å². The van der Waals surface area contributed by atoms with Crippen molar-refractivity contribution >= 4 is 21.2 Å². The SMILES string of the molecule is CCC(Nc1cc(-c2ccccc2)nn2cnnc12)c1ccc(S(C)(=O)=O)cc1. The minimum atomic E-state index is -3.22. The lowest BCUT2D eigenvalue weighted by atomic mass is 10.0. The molecule has 0 aliphatic rings. The van der Waals surface area contributed by atoms with Crippen molar-refractivity contribution in [2.24, 2.45) is 0 Å². The molecule has 4 aromatic rings. The summed E-state index contributed by atoms with van der Waals surface area (Å²) >= 11 is 0. The molecule has 0 saturated heterocycles. The Labute approximate surface area is 169 Å². The highest BCUT2D eigenvalue weighted by Crippen LogP contribution is 2.28. The third-order valence-corrected chi connectivity index (χ3v) is 5.91. The third-order valence-electron chi connectivity index (χ3n) is 4.79. The molecule has 0 spiro atoms. The summed E-state index contributed by atoms with van der Waals surface area (Å²) in [6, 6.07) is 18.8. The summed E-state index contributed by atoms with van der Waals surface area (Å²) in [5.41, 5.74) is 4.25. The average molecular weight is 407 g/mol. The van der Waals surface area contributed by atoms with Crippen LogP contribution < -0.4 is 5.32 Å². The Kier molecular flexibility index (Phi) is 5.02. The lowest BCUT2D eigenvalue weighted by Crippen LogP contribution is -2.12. The highest BCUT2D eigenvalue weighted by atomic mass is 32.2. The number of fused-ring (bicyclic) bond motifs is 1. The molecule has 0 aliphatic heterocycles. The Balaban J connectivity index is 1.71. The second-order valence-corrected chi connectivity index (χ2v) is 8.87. The van der Waals surface area contributed by atoms with Crippen LogP contribution in [-0.4, -0.2) is 34.5 Å². The molecule has 4 rings (SSSR count). The lowest BCUT2D eigenvalue weighted by Gasteiger charge is -2.20. The molecule has 1 N–H and O–H groups in total. The number of nitrogens with zero attached hydrogens (tertiary/aromatic N) is 4. The van der Waals surface area contributed by atoms with E-state index in [2.05, 4.69) is 27.5 Å². The van der Waals surface area contributed by atoms with Crippen LogP contribution in [0.1, 0.15) is 24.9 Å². The van der Waals surface area contributed by atoms with Crippen LogP contribution in [0.4, 0.5) is 5.69 Å². The number of nitrogens with one attached hydrogen (secondary N) is 1. The molecule has 0 fully saturated rings. The molecule has 148 valence electrons. The molecule has 0 bridgehead atoms. The number of benzene rings is 2. The van der Waals surface area contributed by atoms with Gasteiger partial charge in [-0.05, 0) is 30.2 Å². The Morgan fingerprint density at radius 3 is 2.45 bits per heavy atom. The normalized spacial score (nSPS) is 12.8.